The lowest BCUT2D eigenvalue weighted by molar-refractivity contribution is -0.384. The van der Waals surface area contributed by atoms with E-state index in [4.69, 9.17) is 0 Å². The number of aromatic nitrogens is 2. The van der Waals surface area contributed by atoms with Gasteiger partial charge in [0.25, 0.3) is 11.6 Å². The zero-order valence-corrected chi connectivity index (χ0v) is 13.3. The van der Waals surface area contributed by atoms with E-state index in [0.29, 0.717) is 5.69 Å². The number of nitro groups is 1. The van der Waals surface area contributed by atoms with Gasteiger partial charge in [-0.2, -0.15) is 5.10 Å². The highest BCUT2D eigenvalue weighted by molar-refractivity contribution is 5.97. The average Bonchev–Trinajstić information content (AvgIpc) is 3.03. The quantitative estimate of drug-likeness (QED) is 0.657. The molecule has 0 aliphatic rings. The molecular formula is C15H16N4O5. The van der Waals surface area contributed by atoms with E-state index in [1.807, 2.05) is 0 Å². The highest BCUT2D eigenvalue weighted by atomic mass is 16.6. The van der Waals surface area contributed by atoms with Crippen molar-refractivity contribution in [3.8, 4) is 5.69 Å². The van der Waals surface area contributed by atoms with Gasteiger partial charge < -0.3 is 10.0 Å². The Balaban J connectivity index is 2.25. The fourth-order valence-electron chi connectivity index (χ4n) is 1.89. The minimum absolute atomic E-state index is 0.0508. The van der Waals surface area contributed by atoms with E-state index in [2.05, 4.69) is 5.10 Å². The standard InChI is InChI=1S/C15H16N4O5/c1-15(2,14(21)22)17(3)13(20)10-8-16-18(9-10)11-4-6-12(7-5-11)19(23)24/h4-9H,1-3H3,(H,21,22). The van der Waals surface area contributed by atoms with Gasteiger partial charge in [-0.1, -0.05) is 0 Å². The number of hydrogen-bond donors (Lipinski definition) is 1. The van der Waals surface area contributed by atoms with Crippen LogP contribution in [0.4, 0.5) is 5.69 Å². The Hall–Kier alpha value is -3.23. The molecule has 0 spiro atoms. The Bertz CT molecular complexity index is 794. The second-order valence-electron chi connectivity index (χ2n) is 5.68. The Kier molecular flexibility index (Phi) is 4.36. The van der Waals surface area contributed by atoms with Crippen LogP contribution in [0.2, 0.25) is 0 Å². The normalized spacial score (nSPS) is 11.1. The van der Waals surface area contributed by atoms with Crippen molar-refractivity contribution in [2.45, 2.75) is 19.4 Å². The van der Waals surface area contributed by atoms with E-state index in [1.54, 1.807) is 0 Å². The van der Waals surface area contributed by atoms with Crippen molar-refractivity contribution in [1.29, 1.82) is 0 Å². The summed E-state index contributed by atoms with van der Waals surface area (Å²) in [6.07, 6.45) is 2.76. The monoisotopic (exact) mass is 332 g/mol. The minimum Gasteiger partial charge on any atom is -0.480 e. The zero-order chi connectivity index (χ0) is 18.1. The van der Waals surface area contributed by atoms with E-state index < -0.39 is 22.3 Å². The van der Waals surface area contributed by atoms with E-state index in [1.165, 1.54) is 62.2 Å². The van der Waals surface area contributed by atoms with E-state index >= 15 is 0 Å². The number of carbonyl (C=O) groups excluding carboxylic acids is 1. The van der Waals surface area contributed by atoms with E-state index in [-0.39, 0.29) is 11.3 Å². The summed E-state index contributed by atoms with van der Waals surface area (Å²) in [7, 11) is 1.40. The fourth-order valence-corrected chi connectivity index (χ4v) is 1.89. The largest absolute Gasteiger partial charge is 0.480 e. The zero-order valence-electron chi connectivity index (χ0n) is 13.3. The number of hydrogen-bond acceptors (Lipinski definition) is 5. The van der Waals surface area contributed by atoms with Crippen LogP contribution in [0.5, 0.6) is 0 Å². The molecule has 1 N–H and O–H groups in total. The molecule has 1 heterocycles. The van der Waals surface area contributed by atoms with Gasteiger partial charge in [0.1, 0.15) is 5.54 Å². The molecule has 0 aliphatic carbocycles. The molecule has 1 aromatic heterocycles. The van der Waals surface area contributed by atoms with Gasteiger partial charge in [-0.3, -0.25) is 14.9 Å². The predicted molar refractivity (Wildman–Crippen MR) is 84.0 cm³/mol. The van der Waals surface area contributed by atoms with Crippen LogP contribution >= 0.6 is 0 Å². The third-order valence-corrected chi connectivity index (χ3v) is 3.82. The van der Waals surface area contributed by atoms with Crippen molar-refractivity contribution in [2.75, 3.05) is 7.05 Å². The number of benzene rings is 1. The molecule has 0 saturated carbocycles. The third kappa shape index (κ3) is 3.09. The van der Waals surface area contributed by atoms with Crippen molar-refractivity contribution in [1.82, 2.24) is 14.7 Å². The van der Waals surface area contributed by atoms with Gasteiger partial charge in [-0.15, -0.1) is 0 Å². The lowest BCUT2D eigenvalue weighted by atomic mass is 10.0. The highest BCUT2D eigenvalue weighted by Crippen LogP contribution is 2.18. The summed E-state index contributed by atoms with van der Waals surface area (Å²) in [4.78, 5) is 34.9. The molecule has 0 unspecified atom stereocenters. The predicted octanol–water partition coefficient (Wildman–Crippen LogP) is 1.72. The van der Waals surface area contributed by atoms with Crippen molar-refractivity contribution < 1.29 is 19.6 Å². The molecule has 0 radical (unpaired) electrons. The Morgan fingerprint density at radius 2 is 1.88 bits per heavy atom. The second-order valence-corrected chi connectivity index (χ2v) is 5.68. The van der Waals surface area contributed by atoms with Crippen molar-refractivity contribution in [2.24, 2.45) is 0 Å². The van der Waals surface area contributed by atoms with Gasteiger partial charge in [0.15, 0.2) is 0 Å². The number of non-ortho nitro benzene ring substituents is 1. The number of aliphatic carboxylic acids is 1. The molecule has 0 fully saturated rings. The summed E-state index contributed by atoms with van der Waals surface area (Å²) in [5.41, 5.74) is -0.665. The maximum atomic E-state index is 12.4. The van der Waals surface area contributed by atoms with Crippen LogP contribution in [-0.2, 0) is 4.79 Å². The molecule has 0 atom stereocenters. The van der Waals surface area contributed by atoms with Crippen LogP contribution in [0.1, 0.15) is 24.2 Å². The maximum absolute atomic E-state index is 12.4. The number of likely N-dealkylation sites (N-methyl/N-ethyl adjacent to an activating group) is 1. The molecule has 1 aromatic carbocycles. The van der Waals surface area contributed by atoms with Crippen LogP contribution in [0.25, 0.3) is 5.69 Å². The SMILES string of the molecule is CN(C(=O)c1cnn(-c2ccc([N+](=O)[O-])cc2)c1)C(C)(C)C(=O)O. The summed E-state index contributed by atoms with van der Waals surface area (Å²) >= 11 is 0. The molecule has 9 nitrogen and oxygen atoms in total. The number of nitro benzene ring substituents is 1. The molecule has 2 rings (SSSR count). The first-order valence-corrected chi connectivity index (χ1v) is 6.95. The van der Waals surface area contributed by atoms with Gasteiger partial charge in [0.05, 0.1) is 22.4 Å². The molecule has 126 valence electrons. The van der Waals surface area contributed by atoms with Crippen LogP contribution in [-0.4, -0.2) is 49.2 Å². The lowest BCUT2D eigenvalue weighted by Gasteiger charge is -2.31. The molecule has 0 aliphatic heterocycles. The number of amides is 1. The smallest absolute Gasteiger partial charge is 0.329 e. The molecular weight excluding hydrogens is 316 g/mol. The molecule has 0 saturated heterocycles. The molecule has 24 heavy (non-hydrogen) atoms. The average molecular weight is 332 g/mol. The van der Waals surface area contributed by atoms with Crippen LogP contribution < -0.4 is 0 Å². The highest BCUT2D eigenvalue weighted by Gasteiger charge is 2.36. The molecule has 9 heteroatoms. The van der Waals surface area contributed by atoms with E-state index in [9.17, 15) is 24.8 Å². The van der Waals surface area contributed by atoms with Crippen LogP contribution in [0.15, 0.2) is 36.7 Å². The number of carboxylic acids is 1. The molecule has 1 amide bonds. The molecule has 2 aromatic rings. The topological polar surface area (TPSA) is 119 Å². The van der Waals surface area contributed by atoms with Gasteiger partial charge in [0.2, 0.25) is 0 Å². The Morgan fingerprint density at radius 3 is 2.38 bits per heavy atom. The van der Waals surface area contributed by atoms with Crippen molar-refractivity contribution in [3.63, 3.8) is 0 Å². The van der Waals surface area contributed by atoms with Gasteiger partial charge in [-0.05, 0) is 26.0 Å². The lowest BCUT2D eigenvalue weighted by Crippen LogP contribution is -2.50. The summed E-state index contributed by atoms with van der Waals surface area (Å²) < 4.78 is 1.39. The Morgan fingerprint density at radius 1 is 1.29 bits per heavy atom. The number of nitrogens with zero attached hydrogens (tertiary/aromatic N) is 4. The van der Waals surface area contributed by atoms with Crippen LogP contribution in [0, 0.1) is 10.1 Å². The van der Waals surface area contributed by atoms with E-state index in [0.717, 1.165) is 4.90 Å². The Labute approximate surface area is 137 Å². The summed E-state index contributed by atoms with van der Waals surface area (Å²) in [6.45, 7) is 2.85. The van der Waals surface area contributed by atoms with Crippen LogP contribution in [0.3, 0.4) is 0 Å². The second kappa shape index (κ2) is 6.11. The number of rotatable bonds is 5. The first-order chi connectivity index (χ1) is 11.1. The fraction of sp³-hybridized carbons (Fsp3) is 0.267. The first-order valence-electron chi connectivity index (χ1n) is 6.95. The summed E-state index contributed by atoms with van der Waals surface area (Å²) in [5.74, 6) is -1.61. The maximum Gasteiger partial charge on any atom is 0.329 e. The van der Waals surface area contributed by atoms with Gasteiger partial charge >= 0.3 is 5.97 Å². The number of carboxylic acid groups (broad SMARTS) is 1. The number of carbonyl (C=O) groups is 2. The minimum atomic E-state index is -1.37. The van der Waals surface area contributed by atoms with Gasteiger partial charge in [-0.25, -0.2) is 9.48 Å². The third-order valence-electron chi connectivity index (χ3n) is 3.82. The summed E-state index contributed by atoms with van der Waals surface area (Å²) in [6, 6.07) is 5.67. The molecule has 0 bridgehead atoms. The van der Waals surface area contributed by atoms with Crippen molar-refractivity contribution >= 4 is 17.6 Å². The van der Waals surface area contributed by atoms with Crippen molar-refractivity contribution in [3.05, 3.63) is 52.3 Å². The summed E-state index contributed by atoms with van der Waals surface area (Å²) in [5, 5.41) is 23.9. The van der Waals surface area contributed by atoms with Gasteiger partial charge in [0, 0.05) is 25.4 Å². The first kappa shape index (κ1) is 17.1.